The molecule has 12 heavy (non-hydrogen) atoms. The van der Waals surface area contributed by atoms with Gasteiger partial charge in [0.05, 0.1) is 0 Å². The van der Waals surface area contributed by atoms with Crippen LogP contribution in [0.3, 0.4) is 0 Å². The van der Waals surface area contributed by atoms with E-state index in [9.17, 15) is 0 Å². The van der Waals surface area contributed by atoms with Crippen molar-refractivity contribution in [3.63, 3.8) is 0 Å². The highest BCUT2D eigenvalue weighted by Crippen LogP contribution is 2.24. The monoisotopic (exact) mass is 170 g/mol. The maximum atomic E-state index is 3.39. The Balaban J connectivity index is 2.15. The van der Waals surface area contributed by atoms with E-state index in [0.717, 1.165) is 19.1 Å². The van der Waals surface area contributed by atoms with E-state index in [2.05, 4.69) is 31.1 Å². The summed E-state index contributed by atoms with van der Waals surface area (Å²) in [6, 6.07) is 1.56. The van der Waals surface area contributed by atoms with Crippen molar-refractivity contribution in [1.29, 1.82) is 0 Å². The molecule has 0 radical (unpaired) electrons. The fourth-order valence-electron chi connectivity index (χ4n) is 1.65. The van der Waals surface area contributed by atoms with Crippen molar-refractivity contribution in [3.05, 3.63) is 0 Å². The summed E-state index contributed by atoms with van der Waals surface area (Å²) in [6.07, 6.45) is 4.25. The van der Waals surface area contributed by atoms with Gasteiger partial charge >= 0.3 is 0 Å². The van der Waals surface area contributed by atoms with Gasteiger partial charge in [0.1, 0.15) is 0 Å². The molecule has 1 atom stereocenters. The molecule has 1 fully saturated rings. The molecule has 2 nitrogen and oxygen atoms in total. The molecular weight excluding hydrogens is 148 g/mol. The van der Waals surface area contributed by atoms with Gasteiger partial charge in [-0.05, 0) is 33.4 Å². The molecule has 0 saturated heterocycles. The van der Waals surface area contributed by atoms with Crippen LogP contribution in [0.1, 0.15) is 33.1 Å². The van der Waals surface area contributed by atoms with Crippen molar-refractivity contribution < 1.29 is 0 Å². The zero-order valence-electron chi connectivity index (χ0n) is 8.64. The molecule has 72 valence electrons. The van der Waals surface area contributed by atoms with Gasteiger partial charge in [-0.2, -0.15) is 0 Å². The number of nitrogens with zero attached hydrogens (tertiary/aromatic N) is 1. The predicted octanol–water partition coefficient (Wildman–Crippen LogP) is 1.47. The van der Waals surface area contributed by atoms with Gasteiger partial charge in [-0.15, -0.1) is 0 Å². The van der Waals surface area contributed by atoms with Gasteiger partial charge in [0.2, 0.25) is 0 Å². The average molecular weight is 170 g/mol. The van der Waals surface area contributed by atoms with E-state index in [4.69, 9.17) is 0 Å². The standard InChI is InChI=1S/C10H22N2/c1-4-11-8-9(2)12(3)10-6-5-7-10/h9-11H,4-8H2,1-3H3. The lowest BCUT2D eigenvalue weighted by Crippen LogP contribution is -2.46. The predicted molar refractivity (Wildman–Crippen MR) is 53.4 cm³/mol. The molecule has 1 aliphatic rings. The zero-order valence-corrected chi connectivity index (χ0v) is 8.64. The van der Waals surface area contributed by atoms with Gasteiger partial charge in [-0.3, -0.25) is 4.90 Å². The first-order valence-electron chi connectivity index (χ1n) is 5.18. The second-order valence-corrected chi connectivity index (χ2v) is 3.91. The van der Waals surface area contributed by atoms with E-state index < -0.39 is 0 Å². The van der Waals surface area contributed by atoms with Crippen LogP contribution in [0.4, 0.5) is 0 Å². The smallest absolute Gasteiger partial charge is 0.0192 e. The van der Waals surface area contributed by atoms with E-state index in [-0.39, 0.29) is 0 Å². The van der Waals surface area contributed by atoms with E-state index in [0.29, 0.717) is 6.04 Å². The van der Waals surface area contributed by atoms with Crippen LogP contribution in [-0.2, 0) is 0 Å². The third-order valence-electron chi connectivity index (χ3n) is 3.04. The summed E-state index contributed by atoms with van der Waals surface area (Å²) in [6.45, 7) is 6.68. The number of hydrogen-bond acceptors (Lipinski definition) is 2. The summed E-state index contributed by atoms with van der Waals surface area (Å²) in [5.41, 5.74) is 0. The molecule has 1 N–H and O–H groups in total. The SMILES string of the molecule is CCNCC(C)N(C)C1CCC1. The van der Waals surface area contributed by atoms with Crippen LogP contribution < -0.4 is 5.32 Å². The molecule has 0 spiro atoms. The first kappa shape index (κ1) is 10.0. The minimum Gasteiger partial charge on any atom is -0.315 e. The summed E-state index contributed by atoms with van der Waals surface area (Å²) < 4.78 is 0. The molecular formula is C10H22N2. The molecule has 1 saturated carbocycles. The molecule has 0 heterocycles. The van der Waals surface area contributed by atoms with Gasteiger partial charge in [0.15, 0.2) is 0 Å². The highest BCUT2D eigenvalue weighted by atomic mass is 15.2. The largest absolute Gasteiger partial charge is 0.315 e. The lowest BCUT2D eigenvalue weighted by Gasteiger charge is -2.38. The van der Waals surface area contributed by atoms with Crippen LogP contribution in [0.15, 0.2) is 0 Å². The molecule has 1 aliphatic carbocycles. The molecule has 2 heteroatoms. The Morgan fingerprint density at radius 1 is 1.50 bits per heavy atom. The number of hydrogen-bond donors (Lipinski definition) is 1. The third kappa shape index (κ3) is 2.46. The van der Waals surface area contributed by atoms with Crippen molar-refractivity contribution >= 4 is 0 Å². The number of rotatable bonds is 5. The van der Waals surface area contributed by atoms with E-state index in [1.807, 2.05) is 0 Å². The van der Waals surface area contributed by atoms with Crippen LogP contribution in [0, 0.1) is 0 Å². The minimum absolute atomic E-state index is 0.690. The minimum atomic E-state index is 0.690. The van der Waals surface area contributed by atoms with Gasteiger partial charge in [0, 0.05) is 18.6 Å². The quantitative estimate of drug-likeness (QED) is 0.672. The van der Waals surface area contributed by atoms with E-state index in [1.54, 1.807) is 0 Å². The number of nitrogens with one attached hydrogen (secondary N) is 1. The van der Waals surface area contributed by atoms with Gasteiger partial charge in [0.25, 0.3) is 0 Å². The molecule has 1 unspecified atom stereocenters. The van der Waals surface area contributed by atoms with Gasteiger partial charge in [-0.25, -0.2) is 0 Å². The summed E-state index contributed by atoms with van der Waals surface area (Å²) in [4.78, 5) is 2.52. The van der Waals surface area contributed by atoms with Crippen molar-refractivity contribution in [1.82, 2.24) is 10.2 Å². The van der Waals surface area contributed by atoms with Gasteiger partial charge < -0.3 is 5.32 Å². The lowest BCUT2D eigenvalue weighted by atomic mass is 9.91. The molecule has 0 bridgehead atoms. The van der Waals surface area contributed by atoms with Gasteiger partial charge in [-0.1, -0.05) is 13.3 Å². The molecule has 0 aromatic heterocycles. The third-order valence-corrected chi connectivity index (χ3v) is 3.04. The maximum absolute atomic E-state index is 3.39. The average Bonchev–Trinajstić information content (AvgIpc) is 1.96. The Morgan fingerprint density at radius 3 is 2.58 bits per heavy atom. The highest BCUT2D eigenvalue weighted by Gasteiger charge is 2.24. The lowest BCUT2D eigenvalue weighted by molar-refractivity contribution is 0.117. The summed E-state index contributed by atoms with van der Waals surface area (Å²) in [5.74, 6) is 0. The van der Waals surface area contributed by atoms with Crippen LogP contribution in [0.25, 0.3) is 0 Å². The Morgan fingerprint density at radius 2 is 2.17 bits per heavy atom. The molecule has 0 aromatic rings. The second-order valence-electron chi connectivity index (χ2n) is 3.91. The van der Waals surface area contributed by atoms with Crippen molar-refractivity contribution in [2.24, 2.45) is 0 Å². The van der Waals surface area contributed by atoms with E-state index in [1.165, 1.54) is 19.3 Å². The maximum Gasteiger partial charge on any atom is 0.0192 e. The second kappa shape index (κ2) is 4.83. The number of likely N-dealkylation sites (N-methyl/N-ethyl adjacent to an activating group) is 2. The molecule has 0 amide bonds. The van der Waals surface area contributed by atoms with Crippen LogP contribution in [-0.4, -0.2) is 37.1 Å². The topological polar surface area (TPSA) is 15.3 Å². The molecule has 0 aliphatic heterocycles. The zero-order chi connectivity index (χ0) is 8.97. The fourth-order valence-corrected chi connectivity index (χ4v) is 1.65. The molecule has 1 rings (SSSR count). The summed E-state index contributed by atoms with van der Waals surface area (Å²) in [7, 11) is 2.26. The van der Waals surface area contributed by atoms with E-state index >= 15 is 0 Å². The first-order valence-corrected chi connectivity index (χ1v) is 5.18. The van der Waals surface area contributed by atoms with Crippen LogP contribution in [0.2, 0.25) is 0 Å². The Hall–Kier alpha value is -0.0800. The Labute approximate surface area is 76.3 Å². The highest BCUT2D eigenvalue weighted by molar-refractivity contribution is 4.81. The normalized spacial score (nSPS) is 21.0. The van der Waals surface area contributed by atoms with Crippen LogP contribution in [0.5, 0.6) is 0 Å². The van der Waals surface area contributed by atoms with Crippen molar-refractivity contribution in [2.75, 3.05) is 20.1 Å². The Bertz CT molecular complexity index is 121. The summed E-state index contributed by atoms with van der Waals surface area (Å²) >= 11 is 0. The fraction of sp³-hybridized carbons (Fsp3) is 1.00. The Kier molecular flexibility index (Phi) is 4.02. The first-order chi connectivity index (χ1) is 5.75. The van der Waals surface area contributed by atoms with Crippen molar-refractivity contribution in [3.8, 4) is 0 Å². The van der Waals surface area contributed by atoms with Crippen LogP contribution >= 0.6 is 0 Å². The summed E-state index contributed by atoms with van der Waals surface area (Å²) in [5, 5.41) is 3.39. The molecule has 0 aromatic carbocycles. The van der Waals surface area contributed by atoms with Crippen molar-refractivity contribution in [2.45, 2.75) is 45.2 Å².